The SMILES string of the molecule is Oc1ccc(CCC2CCC(CCc3ccc(O)cc3)CC2)cc1. The van der Waals surface area contributed by atoms with Gasteiger partial charge in [-0.15, -0.1) is 0 Å². The summed E-state index contributed by atoms with van der Waals surface area (Å²) in [6.45, 7) is 0. The second-order valence-corrected chi connectivity index (χ2v) is 7.30. The van der Waals surface area contributed by atoms with Gasteiger partial charge in [0.05, 0.1) is 0 Å². The largest absolute Gasteiger partial charge is 0.508 e. The molecule has 0 saturated heterocycles. The van der Waals surface area contributed by atoms with Gasteiger partial charge in [-0.25, -0.2) is 0 Å². The molecule has 1 aliphatic rings. The second-order valence-electron chi connectivity index (χ2n) is 7.30. The van der Waals surface area contributed by atoms with E-state index in [1.165, 1.54) is 49.7 Å². The zero-order valence-electron chi connectivity index (χ0n) is 14.3. The lowest BCUT2D eigenvalue weighted by Gasteiger charge is -2.28. The molecule has 0 aromatic heterocycles. The first-order chi connectivity index (χ1) is 11.7. The van der Waals surface area contributed by atoms with Crippen molar-refractivity contribution >= 4 is 0 Å². The van der Waals surface area contributed by atoms with Crippen molar-refractivity contribution in [2.45, 2.75) is 51.4 Å². The van der Waals surface area contributed by atoms with Crippen molar-refractivity contribution in [2.75, 3.05) is 0 Å². The average molecular weight is 324 g/mol. The van der Waals surface area contributed by atoms with Crippen molar-refractivity contribution < 1.29 is 10.2 Å². The monoisotopic (exact) mass is 324 g/mol. The van der Waals surface area contributed by atoms with Gasteiger partial charge in [-0.3, -0.25) is 0 Å². The van der Waals surface area contributed by atoms with Crippen LogP contribution in [0.2, 0.25) is 0 Å². The summed E-state index contributed by atoms with van der Waals surface area (Å²) in [6, 6.07) is 15.3. The third-order valence-electron chi connectivity index (χ3n) is 5.52. The fraction of sp³-hybridized carbons (Fsp3) is 0.455. The number of hydrogen-bond donors (Lipinski definition) is 2. The minimum Gasteiger partial charge on any atom is -0.508 e. The minimum atomic E-state index is 0.355. The molecular formula is C22H28O2. The van der Waals surface area contributed by atoms with E-state index in [1.807, 2.05) is 24.3 Å². The van der Waals surface area contributed by atoms with Gasteiger partial charge in [-0.2, -0.15) is 0 Å². The zero-order valence-corrected chi connectivity index (χ0v) is 14.3. The van der Waals surface area contributed by atoms with Gasteiger partial charge in [-0.1, -0.05) is 49.9 Å². The second kappa shape index (κ2) is 8.23. The molecule has 2 aromatic carbocycles. The highest BCUT2D eigenvalue weighted by atomic mass is 16.3. The number of phenolic OH excluding ortho intramolecular Hbond substituents is 2. The van der Waals surface area contributed by atoms with Crippen molar-refractivity contribution in [2.24, 2.45) is 11.8 Å². The van der Waals surface area contributed by atoms with Gasteiger partial charge in [0.1, 0.15) is 11.5 Å². The van der Waals surface area contributed by atoms with E-state index in [0.29, 0.717) is 11.5 Å². The number of phenols is 2. The van der Waals surface area contributed by atoms with Crippen LogP contribution < -0.4 is 0 Å². The smallest absolute Gasteiger partial charge is 0.115 e. The number of aryl methyl sites for hydroxylation is 2. The van der Waals surface area contributed by atoms with E-state index in [1.54, 1.807) is 24.3 Å². The average Bonchev–Trinajstić information content (AvgIpc) is 2.62. The molecule has 0 heterocycles. The van der Waals surface area contributed by atoms with Crippen LogP contribution in [0.1, 0.15) is 49.7 Å². The van der Waals surface area contributed by atoms with Crippen LogP contribution in [-0.2, 0) is 12.8 Å². The van der Waals surface area contributed by atoms with Crippen molar-refractivity contribution in [3.8, 4) is 11.5 Å². The van der Waals surface area contributed by atoms with Gasteiger partial charge in [0.15, 0.2) is 0 Å². The summed E-state index contributed by atoms with van der Waals surface area (Å²) >= 11 is 0. The van der Waals surface area contributed by atoms with Gasteiger partial charge >= 0.3 is 0 Å². The molecule has 24 heavy (non-hydrogen) atoms. The van der Waals surface area contributed by atoms with Gasteiger partial charge in [0, 0.05) is 0 Å². The Balaban J connectivity index is 1.36. The topological polar surface area (TPSA) is 40.5 Å². The van der Waals surface area contributed by atoms with Crippen LogP contribution in [-0.4, -0.2) is 10.2 Å². The lowest BCUT2D eigenvalue weighted by Crippen LogP contribution is -2.15. The first kappa shape index (κ1) is 16.9. The Morgan fingerprint density at radius 3 is 1.25 bits per heavy atom. The molecular weight excluding hydrogens is 296 g/mol. The molecule has 0 atom stereocenters. The van der Waals surface area contributed by atoms with Crippen molar-refractivity contribution in [1.29, 1.82) is 0 Å². The summed E-state index contributed by atoms with van der Waals surface area (Å²) < 4.78 is 0. The Morgan fingerprint density at radius 1 is 0.583 bits per heavy atom. The van der Waals surface area contributed by atoms with Crippen LogP contribution in [0.15, 0.2) is 48.5 Å². The molecule has 0 unspecified atom stereocenters. The van der Waals surface area contributed by atoms with Crippen LogP contribution in [0, 0.1) is 11.8 Å². The van der Waals surface area contributed by atoms with E-state index >= 15 is 0 Å². The Morgan fingerprint density at radius 2 is 0.917 bits per heavy atom. The Labute approximate surface area is 145 Å². The maximum absolute atomic E-state index is 9.34. The fourth-order valence-corrected chi connectivity index (χ4v) is 3.88. The van der Waals surface area contributed by atoms with Crippen molar-refractivity contribution in [3.05, 3.63) is 59.7 Å². The maximum atomic E-state index is 9.34. The van der Waals surface area contributed by atoms with Gasteiger partial charge in [-0.05, 0) is 72.9 Å². The molecule has 0 spiro atoms. The lowest BCUT2D eigenvalue weighted by molar-refractivity contribution is 0.253. The van der Waals surface area contributed by atoms with Crippen LogP contribution in [0.4, 0.5) is 0 Å². The van der Waals surface area contributed by atoms with Gasteiger partial charge in [0.2, 0.25) is 0 Å². The highest BCUT2D eigenvalue weighted by Gasteiger charge is 2.20. The molecule has 0 bridgehead atoms. The number of benzene rings is 2. The standard InChI is InChI=1S/C22H28O2/c23-21-13-9-19(10-14-21)7-5-17-1-2-18(4-3-17)6-8-20-11-15-22(24)16-12-20/h9-18,23-24H,1-8H2. The molecule has 1 saturated carbocycles. The van der Waals surface area contributed by atoms with Crippen LogP contribution in [0.5, 0.6) is 11.5 Å². The molecule has 2 N–H and O–H groups in total. The summed E-state index contributed by atoms with van der Waals surface area (Å²) in [5, 5.41) is 18.7. The summed E-state index contributed by atoms with van der Waals surface area (Å²) in [7, 11) is 0. The van der Waals surface area contributed by atoms with Crippen molar-refractivity contribution in [3.63, 3.8) is 0 Å². The summed E-state index contributed by atoms with van der Waals surface area (Å²) in [4.78, 5) is 0. The molecule has 1 fully saturated rings. The Bertz CT molecular complexity index is 550. The van der Waals surface area contributed by atoms with Gasteiger partial charge < -0.3 is 10.2 Å². The molecule has 3 rings (SSSR count). The van der Waals surface area contributed by atoms with E-state index < -0.39 is 0 Å². The summed E-state index contributed by atoms with van der Waals surface area (Å²) in [5.74, 6) is 2.44. The zero-order chi connectivity index (χ0) is 16.8. The molecule has 0 amide bonds. The number of aromatic hydroxyl groups is 2. The number of rotatable bonds is 6. The fourth-order valence-electron chi connectivity index (χ4n) is 3.88. The maximum Gasteiger partial charge on any atom is 0.115 e. The number of hydrogen-bond acceptors (Lipinski definition) is 2. The quantitative estimate of drug-likeness (QED) is 0.739. The molecule has 0 radical (unpaired) electrons. The normalized spacial score (nSPS) is 20.8. The third-order valence-corrected chi connectivity index (χ3v) is 5.52. The van der Waals surface area contributed by atoms with Crippen LogP contribution in [0.25, 0.3) is 0 Å². The minimum absolute atomic E-state index is 0.355. The molecule has 128 valence electrons. The Kier molecular flexibility index (Phi) is 5.79. The Hall–Kier alpha value is -1.96. The summed E-state index contributed by atoms with van der Waals surface area (Å²) in [5.41, 5.74) is 2.67. The lowest BCUT2D eigenvalue weighted by atomic mass is 9.77. The van der Waals surface area contributed by atoms with E-state index in [-0.39, 0.29) is 0 Å². The third kappa shape index (κ3) is 5.02. The van der Waals surface area contributed by atoms with E-state index in [2.05, 4.69) is 0 Å². The van der Waals surface area contributed by atoms with E-state index in [4.69, 9.17) is 0 Å². The first-order valence-electron chi connectivity index (χ1n) is 9.25. The highest BCUT2D eigenvalue weighted by molar-refractivity contribution is 5.26. The molecule has 0 aliphatic heterocycles. The molecule has 2 heteroatoms. The predicted octanol–water partition coefficient (Wildman–Crippen LogP) is 5.47. The van der Waals surface area contributed by atoms with Crippen molar-refractivity contribution in [1.82, 2.24) is 0 Å². The molecule has 1 aliphatic carbocycles. The highest BCUT2D eigenvalue weighted by Crippen LogP contribution is 2.34. The molecule has 2 aromatic rings. The van der Waals surface area contributed by atoms with Crippen LogP contribution in [0.3, 0.4) is 0 Å². The van der Waals surface area contributed by atoms with E-state index in [9.17, 15) is 10.2 Å². The van der Waals surface area contributed by atoms with E-state index in [0.717, 1.165) is 24.7 Å². The van der Waals surface area contributed by atoms with Crippen LogP contribution >= 0.6 is 0 Å². The summed E-state index contributed by atoms with van der Waals surface area (Å²) in [6.07, 6.45) is 10.2. The first-order valence-corrected chi connectivity index (χ1v) is 9.25. The van der Waals surface area contributed by atoms with Gasteiger partial charge in [0.25, 0.3) is 0 Å². The predicted molar refractivity (Wildman–Crippen MR) is 98.3 cm³/mol. The molecule has 2 nitrogen and oxygen atoms in total.